The molecular weight excluding hydrogens is 358 g/mol. The number of aryl methyl sites for hydroxylation is 2. The number of aliphatic hydroxyl groups excluding tert-OH is 1. The van der Waals surface area contributed by atoms with Crippen LogP contribution in [0.15, 0.2) is 18.2 Å². The monoisotopic (exact) mass is 381 g/mol. The molecular formula is C19H23N7O2. The molecule has 0 bridgehead atoms. The summed E-state index contributed by atoms with van der Waals surface area (Å²) in [4.78, 5) is 8.99. The van der Waals surface area contributed by atoms with Gasteiger partial charge in [0.1, 0.15) is 29.9 Å². The Balaban J connectivity index is 1.80. The molecule has 0 fully saturated rings. The lowest BCUT2D eigenvalue weighted by Crippen LogP contribution is -2.13. The molecule has 9 heteroatoms. The minimum absolute atomic E-state index is 0.0617. The molecule has 4 N–H and O–H groups in total. The third-order valence-corrected chi connectivity index (χ3v) is 4.36. The summed E-state index contributed by atoms with van der Waals surface area (Å²) in [6.45, 7) is 4.60. The van der Waals surface area contributed by atoms with E-state index >= 15 is 0 Å². The molecule has 28 heavy (non-hydrogen) atoms. The number of hydrogen-bond acceptors (Lipinski definition) is 8. The molecule has 0 aliphatic rings. The molecule has 3 aromatic rings. The summed E-state index contributed by atoms with van der Waals surface area (Å²) in [5, 5.41) is 26.0. The van der Waals surface area contributed by atoms with Crippen molar-refractivity contribution >= 4 is 17.3 Å². The van der Waals surface area contributed by atoms with E-state index in [1.54, 1.807) is 6.07 Å². The lowest BCUT2D eigenvalue weighted by Gasteiger charge is -2.11. The van der Waals surface area contributed by atoms with E-state index in [4.69, 9.17) is 15.6 Å². The van der Waals surface area contributed by atoms with E-state index < -0.39 is 0 Å². The van der Waals surface area contributed by atoms with Crippen molar-refractivity contribution in [3.63, 3.8) is 0 Å². The van der Waals surface area contributed by atoms with E-state index in [1.807, 2.05) is 26.0 Å². The second kappa shape index (κ2) is 8.54. The van der Waals surface area contributed by atoms with Crippen LogP contribution in [0.4, 0.5) is 11.6 Å². The maximum atomic E-state index is 9.53. The number of ether oxygens (including phenoxy) is 1. The SMILES string of the molecule is CCc1c(C)nn2c(N)c(C#N)c(NCCc3cccc(OCCO)n3)nc12. The van der Waals surface area contributed by atoms with Crippen molar-refractivity contribution in [1.82, 2.24) is 19.6 Å². The molecule has 0 aromatic carbocycles. The maximum Gasteiger partial charge on any atom is 0.213 e. The van der Waals surface area contributed by atoms with Gasteiger partial charge in [-0.2, -0.15) is 14.9 Å². The number of nitrogens with one attached hydrogen (secondary N) is 1. The fourth-order valence-electron chi connectivity index (χ4n) is 3.01. The van der Waals surface area contributed by atoms with Gasteiger partial charge in [-0.3, -0.25) is 0 Å². The van der Waals surface area contributed by atoms with Gasteiger partial charge in [0.15, 0.2) is 5.65 Å². The molecule has 146 valence electrons. The highest BCUT2D eigenvalue weighted by atomic mass is 16.5. The van der Waals surface area contributed by atoms with Crippen LogP contribution >= 0.6 is 0 Å². The molecule has 0 radical (unpaired) electrons. The highest BCUT2D eigenvalue weighted by Crippen LogP contribution is 2.24. The number of nitrogens with two attached hydrogens (primary N) is 1. The average Bonchev–Trinajstić information content (AvgIpc) is 3.02. The van der Waals surface area contributed by atoms with Crippen molar-refractivity contribution in [1.29, 1.82) is 5.26 Å². The van der Waals surface area contributed by atoms with E-state index in [0.29, 0.717) is 30.3 Å². The first-order chi connectivity index (χ1) is 13.6. The summed E-state index contributed by atoms with van der Waals surface area (Å²) in [6, 6.07) is 7.59. The lowest BCUT2D eigenvalue weighted by molar-refractivity contribution is 0.196. The van der Waals surface area contributed by atoms with Gasteiger partial charge in [0.05, 0.1) is 12.3 Å². The molecule has 0 aliphatic heterocycles. The average molecular weight is 381 g/mol. The van der Waals surface area contributed by atoms with Crippen molar-refractivity contribution in [3.05, 3.63) is 40.7 Å². The number of nitrogen functional groups attached to an aromatic ring is 1. The van der Waals surface area contributed by atoms with Crippen LogP contribution in [0, 0.1) is 18.3 Å². The Morgan fingerprint density at radius 2 is 2.18 bits per heavy atom. The van der Waals surface area contributed by atoms with E-state index in [9.17, 15) is 5.26 Å². The number of rotatable bonds is 8. The maximum absolute atomic E-state index is 9.53. The Labute approximate surface area is 162 Å². The quantitative estimate of drug-likeness (QED) is 0.534. The summed E-state index contributed by atoms with van der Waals surface area (Å²) in [5.41, 5.74) is 9.78. The summed E-state index contributed by atoms with van der Waals surface area (Å²) in [5.74, 6) is 1.18. The summed E-state index contributed by atoms with van der Waals surface area (Å²) in [6.07, 6.45) is 1.38. The molecule has 0 saturated carbocycles. The number of aromatic nitrogens is 4. The zero-order valence-electron chi connectivity index (χ0n) is 15.9. The predicted molar refractivity (Wildman–Crippen MR) is 105 cm³/mol. The van der Waals surface area contributed by atoms with Gasteiger partial charge in [-0.1, -0.05) is 13.0 Å². The number of nitrogens with zero attached hydrogens (tertiary/aromatic N) is 5. The van der Waals surface area contributed by atoms with E-state index in [1.165, 1.54) is 4.52 Å². The highest BCUT2D eigenvalue weighted by molar-refractivity contribution is 5.69. The molecule has 0 aliphatic carbocycles. The summed E-state index contributed by atoms with van der Waals surface area (Å²) >= 11 is 0. The Hall–Kier alpha value is -3.38. The van der Waals surface area contributed by atoms with Crippen LogP contribution in [0.1, 0.15) is 29.4 Å². The van der Waals surface area contributed by atoms with Crippen molar-refractivity contribution < 1.29 is 9.84 Å². The zero-order chi connectivity index (χ0) is 20.1. The summed E-state index contributed by atoms with van der Waals surface area (Å²) in [7, 11) is 0. The van der Waals surface area contributed by atoms with Gasteiger partial charge in [-0.25, -0.2) is 9.97 Å². The molecule has 0 saturated heterocycles. The Morgan fingerprint density at radius 3 is 2.89 bits per heavy atom. The number of nitriles is 1. The molecule has 3 rings (SSSR count). The molecule has 0 spiro atoms. The van der Waals surface area contributed by atoms with Gasteiger partial charge in [0, 0.05) is 30.3 Å². The van der Waals surface area contributed by atoms with Crippen LogP contribution in [0.5, 0.6) is 5.88 Å². The van der Waals surface area contributed by atoms with Crippen LogP contribution in [0.3, 0.4) is 0 Å². The van der Waals surface area contributed by atoms with Gasteiger partial charge in [-0.05, 0) is 19.4 Å². The van der Waals surface area contributed by atoms with Crippen molar-refractivity contribution in [2.45, 2.75) is 26.7 Å². The molecule has 0 unspecified atom stereocenters. The standard InChI is InChI=1S/C19H23N7O2/c1-3-14-12(2)25-26-17(21)15(11-20)18(24-19(14)26)22-8-7-13-5-4-6-16(23-13)28-10-9-27/h4-6,27H,3,7-10,21H2,1-2H3,(H,22,24). The molecule has 9 nitrogen and oxygen atoms in total. The Kier molecular flexibility index (Phi) is 5.91. The van der Waals surface area contributed by atoms with Gasteiger partial charge >= 0.3 is 0 Å². The Morgan fingerprint density at radius 1 is 1.36 bits per heavy atom. The van der Waals surface area contributed by atoms with E-state index in [0.717, 1.165) is 23.4 Å². The fourth-order valence-corrected chi connectivity index (χ4v) is 3.01. The minimum atomic E-state index is -0.0617. The van der Waals surface area contributed by atoms with Gasteiger partial charge in [-0.15, -0.1) is 0 Å². The number of pyridine rings is 1. The second-order valence-corrected chi connectivity index (χ2v) is 6.20. The third kappa shape index (κ3) is 3.82. The van der Waals surface area contributed by atoms with E-state index in [2.05, 4.69) is 26.5 Å². The first-order valence-corrected chi connectivity index (χ1v) is 9.10. The number of anilines is 2. The number of hydrogen-bond donors (Lipinski definition) is 3. The molecule has 0 amide bonds. The van der Waals surface area contributed by atoms with Crippen molar-refractivity contribution in [2.24, 2.45) is 0 Å². The minimum Gasteiger partial charge on any atom is -0.475 e. The normalized spacial score (nSPS) is 10.8. The number of fused-ring (bicyclic) bond motifs is 1. The first kappa shape index (κ1) is 19.4. The largest absolute Gasteiger partial charge is 0.475 e. The smallest absolute Gasteiger partial charge is 0.213 e. The van der Waals surface area contributed by atoms with Crippen LogP contribution in [0.2, 0.25) is 0 Å². The third-order valence-electron chi connectivity index (χ3n) is 4.36. The van der Waals surface area contributed by atoms with Gasteiger partial charge < -0.3 is 20.9 Å². The van der Waals surface area contributed by atoms with Crippen LogP contribution in [-0.2, 0) is 12.8 Å². The Bertz CT molecular complexity index is 1020. The zero-order valence-corrected chi connectivity index (χ0v) is 15.9. The summed E-state index contributed by atoms with van der Waals surface area (Å²) < 4.78 is 6.85. The van der Waals surface area contributed by atoms with Crippen molar-refractivity contribution in [2.75, 3.05) is 30.8 Å². The molecule has 0 atom stereocenters. The highest BCUT2D eigenvalue weighted by Gasteiger charge is 2.18. The lowest BCUT2D eigenvalue weighted by atomic mass is 10.2. The second-order valence-electron chi connectivity index (χ2n) is 6.20. The fraction of sp³-hybridized carbons (Fsp3) is 0.368. The predicted octanol–water partition coefficient (Wildman–Crippen LogP) is 1.47. The molecule has 3 aromatic heterocycles. The topological polar surface area (TPSA) is 134 Å². The van der Waals surface area contributed by atoms with Crippen LogP contribution in [-0.4, -0.2) is 44.4 Å². The van der Waals surface area contributed by atoms with Crippen LogP contribution < -0.4 is 15.8 Å². The van der Waals surface area contributed by atoms with E-state index in [-0.39, 0.29) is 24.6 Å². The van der Waals surface area contributed by atoms with Crippen LogP contribution in [0.25, 0.3) is 5.65 Å². The van der Waals surface area contributed by atoms with Crippen molar-refractivity contribution in [3.8, 4) is 11.9 Å². The molecule has 3 heterocycles. The first-order valence-electron chi connectivity index (χ1n) is 9.10. The van der Waals surface area contributed by atoms with Gasteiger partial charge in [0.2, 0.25) is 5.88 Å². The number of aliphatic hydroxyl groups is 1. The van der Waals surface area contributed by atoms with Gasteiger partial charge in [0.25, 0.3) is 0 Å².